The van der Waals surface area contributed by atoms with Crippen LogP contribution >= 0.6 is 11.8 Å². The molecule has 4 N–H and O–H groups in total. The van der Waals surface area contributed by atoms with Crippen LogP contribution in [-0.4, -0.2) is 150 Å². The molecule has 0 radical (unpaired) electrons. The average molecular weight is 748 g/mol. The Morgan fingerprint density at radius 2 is 0.849 bits per heavy atom. The first-order valence-corrected chi connectivity index (χ1v) is 19.3. The molecule has 1 heterocycles. The Kier molecular flexibility index (Phi) is 17.3. The molecule has 1 aliphatic heterocycles. The van der Waals surface area contributed by atoms with Gasteiger partial charge in [0, 0.05) is 58.9 Å². The molecule has 4 rings (SSSR count). The smallest absolute Gasteiger partial charge is 0.317 e. The maximum absolute atomic E-state index is 13.1. The van der Waals surface area contributed by atoms with Crippen LogP contribution in [-0.2, 0) is 23.9 Å². The van der Waals surface area contributed by atoms with Gasteiger partial charge < -0.3 is 20.6 Å². The highest BCUT2D eigenvalue weighted by molar-refractivity contribution is 8.00. The van der Waals surface area contributed by atoms with Gasteiger partial charge in [-0.25, -0.2) is 0 Å². The number of amides is 1. The SMILES string of the molecule is O=C(O)CN1CCN(CC(=O)O)CCN(CC(=O)NCCCCCSC(c2ccccc2)(c2ccccc2)c2ccccc2)CCN(CC(=O)O)CC1. The molecule has 0 bridgehead atoms. The van der Waals surface area contributed by atoms with Crippen LogP contribution in [0.25, 0.3) is 0 Å². The van der Waals surface area contributed by atoms with Gasteiger partial charge in [0.1, 0.15) is 0 Å². The summed E-state index contributed by atoms with van der Waals surface area (Å²) in [5.41, 5.74) is 3.69. The zero-order valence-corrected chi connectivity index (χ0v) is 31.2. The number of nitrogens with zero attached hydrogens (tertiary/aromatic N) is 4. The molecule has 0 unspecified atom stereocenters. The number of hydrogen-bond acceptors (Lipinski definition) is 9. The van der Waals surface area contributed by atoms with E-state index in [0.717, 1.165) is 25.0 Å². The highest BCUT2D eigenvalue weighted by Crippen LogP contribution is 2.48. The van der Waals surface area contributed by atoms with Crippen LogP contribution in [0.15, 0.2) is 91.0 Å². The maximum atomic E-state index is 13.1. The molecular weight excluding hydrogens is 695 g/mol. The van der Waals surface area contributed by atoms with E-state index in [2.05, 4.69) is 78.1 Å². The van der Waals surface area contributed by atoms with E-state index < -0.39 is 17.9 Å². The first-order valence-electron chi connectivity index (χ1n) is 18.3. The standard InChI is InChI=1S/C40H53N5O7S/c46-36(29-42-20-22-43(30-37(47)48)24-26-45(32-39(51)52)27-25-44(23-21-42)31-38(49)50)41-19-11-4-12-28-53-40(33-13-5-1-6-14-33,34-15-7-2-8-16-34)35-17-9-3-10-18-35/h1-3,5-10,13-18H,4,11-12,19-32H2,(H,41,46)(H,47,48)(H,49,50)(H,51,52). The van der Waals surface area contributed by atoms with Gasteiger partial charge >= 0.3 is 17.9 Å². The third-order valence-electron chi connectivity index (χ3n) is 9.38. The lowest BCUT2D eigenvalue weighted by molar-refractivity contribution is -0.140. The predicted octanol–water partition coefficient (Wildman–Crippen LogP) is 3.47. The van der Waals surface area contributed by atoms with Gasteiger partial charge in [0.25, 0.3) is 0 Å². The Morgan fingerprint density at radius 3 is 1.19 bits per heavy atom. The van der Waals surface area contributed by atoms with Crippen molar-refractivity contribution in [2.75, 3.05) is 90.8 Å². The number of carboxylic acids is 3. The minimum absolute atomic E-state index is 0.108. The summed E-state index contributed by atoms with van der Waals surface area (Å²) in [5.74, 6) is -2.18. The fourth-order valence-corrected chi connectivity index (χ4v) is 8.23. The summed E-state index contributed by atoms with van der Waals surface area (Å²) in [4.78, 5) is 54.8. The molecule has 1 saturated heterocycles. The molecule has 0 atom stereocenters. The van der Waals surface area contributed by atoms with Gasteiger partial charge in [-0.05, 0) is 35.3 Å². The summed E-state index contributed by atoms with van der Waals surface area (Å²) >= 11 is 1.93. The number of carbonyl (C=O) groups excluding carboxylic acids is 1. The highest BCUT2D eigenvalue weighted by Gasteiger charge is 2.36. The summed E-state index contributed by atoms with van der Waals surface area (Å²) in [6.07, 6.45) is 2.75. The van der Waals surface area contributed by atoms with Crippen LogP contribution < -0.4 is 5.32 Å². The molecule has 1 aliphatic rings. The van der Waals surface area contributed by atoms with Gasteiger partial charge in [-0.3, -0.25) is 38.8 Å². The van der Waals surface area contributed by atoms with E-state index >= 15 is 0 Å². The highest BCUT2D eigenvalue weighted by atomic mass is 32.2. The predicted molar refractivity (Wildman–Crippen MR) is 207 cm³/mol. The van der Waals surface area contributed by atoms with Gasteiger partial charge in [-0.1, -0.05) is 97.4 Å². The number of rotatable bonds is 18. The van der Waals surface area contributed by atoms with Gasteiger partial charge in [0.2, 0.25) is 5.91 Å². The van der Waals surface area contributed by atoms with Gasteiger partial charge in [-0.15, -0.1) is 11.8 Å². The van der Waals surface area contributed by atoms with E-state index in [1.54, 1.807) is 14.7 Å². The summed E-state index contributed by atoms with van der Waals surface area (Å²) in [5, 5.41) is 31.4. The van der Waals surface area contributed by atoms with Crippen LogP contribution in [0.2, 0.25) is 0 Å². The number of thioether (sulfide) groups is 1. The summed E-state index contributed by atoms with van der Waals surface area (Å²) in [6.45, 7) is 2.89. The van der Waals surface area contributed by atoms with Crippen molar-refractivity contribution in [1.82, 2.24) is 24.9 Å². The number of nitrogens with one attached hydrogen (secondary N) is 1. The molecule has 0 aromatic heterocycles. The Bertz CT molecular complexity index is 1440. The molecule has 53 heavy (non-hydrogen) atoms. The van der Waals surface area contributed by atoms with E-state index in [0.29, 0.717) is 58.9 Å². The largest absolute Gasteiger partial charge is 0.480 e. The number of hydrogen-bond donors (Lipinski definition) is 4. The van der Waals surface area contributed by atoms with E-state index in [4.69, 9.17) is 0 Å². The third kappa shape index (κ3) is 13.9. The van der Waals surface area contributed by atoms with Crippen LogP contribution in [0.1, 0.15) is 36.0 Å². The molecule has 0 saturated carbocycles. The topological polar surface area (TPSA) is 154 Å². The number of carbonyl (C=O) groups is 4. The number of carboxylic acid groups (broad SMARTS) is 3. The molecule has 1 fully saturated rings. The van der Waals surface area contributed by atoms with Crippen molar-refractivity contribution in [1.29, 1.82) is 0 Å². The number of unbranched alkanes of at least 4 members (excludes halogenated alkanes) is 2. The minimum atomic E-state index is -1.00. The van der Waals surface area contributed by atoms with Crippen molar-refractivity contribution in [3.63, 3.8) is 0 Å². The van der Waals surface area contributed by atoms with Crippen LogP contribution in [0, 0.1) is 0 Å². The quantitative estimate of drug-likeness (QED) is 0.111. The summed E-state index contributed by atoms with van der Waals surface area (Å²) < 4.78 is -0.363. The summed E-state index contributed by atoms with van der Waals surface area (Å²) in [7, 11) is 0. The van der Waals surface area contributed by atoms with Crippen molar-refractivity contribution in [3.8, 4) is 0 Å². The lowest BCUT2D eigenvalue weighted by Crippen LogP contribution is -2.49. The van der Waals surface area contributed by atoms with Crippen LogP contribution in [0.5, 0.6) is 0 Å². The lowest BCUT2D eigenvalue weighted by atomic mass is 9.84. The third-order valence-corrected chi connectivity index (χ3v) is 11.0. The molecule has 12 nitrogen and oxygen atoms in total. The maximum Gasteiger partial charge on any atom is 0.317 e. The van der Waals surface area contributed by atoms with Crippen LogP contribution in [0.4, 0.5) is 0 Å². The molecule has 286 valence electrons. The Balaban J connectivity index is 1.31. The van der Waals surface area contributed by atoms with Crippen molar-refractivity contribution in [3.05, 3.63) is 108 Å². The van der Waals surface area contributed by atoms with Crippen molar-refractivity contribution in [2.45, 2.75) is 24.0 Å². The fourth-order valence-electron chi connectivity index (χ4n) is 6.67. The van der Waals surface area contributed by atoms with Gasteiger partial charge in [-0.2, -0.15) is 0 Å². The molecule has 0 spiro atoms. The zero-order valence-electron chi connectivity index (χ0n) is 30.4. The molecule has 3 aromatic carbocycles. The number of benzene rings is 3. The second kappa shape index (κ2) is 22.1. The van der Waals surface area contributed by atoms with E-state index in [-0.39, 0.29) is 36.8 Å². The van der Waals surface area contributed by atoms with Crippen molar-refractivity contribution < 1.29 is 34.5 Å². The Labute approximate surface area is 316 Å². The Hall–Kier alpha value is -4.27. The van der Waals surface area contributed by atoms with E-state index in [1.807, 2.05) is 34.9 Å². The average Bonchev–Trinajstić information content (AvgIpc) is 3.14. The molecule has 3 aromatic rings. The van der Waals surface area contributed by atoms with E-state index in [9.17, 15) is 34.5 Å². The zero-order chi connectivity index (χ0) is 37.9. The normalized spacial score (nSPS) is 15.9. The van der Waals surface area contributed by atoms with Crippen molar-refractivity contribution in [2.24, 2.45) is 0 Å². The van der Waals surface area contributed by atoms with E-state index in [1.165, 1.54) is 16.7 Å². The van der Waals surface area contributed by atoms with Gasteiger partial charge in [0.15, 0.2) is 0 Å². The minimum Gasteiger partial charge on any atom is -0.480 e. The second-order valence-electron chi connectivity index (χ2n) is 13.3. The first kappa shape index (κ1) is 41.5. The molecule has 1 amide bonds. The Morgan fingerprint density at radius 1 is 0.509 bits per heavy atom. The molecule has 0 aliphatic carbocycles. The van der Waals surface area contributed by atoms with Crippen LogP contribution in [0.3, 0.4) is 0 Å². The van der Waals surface area contributed by atoms with Crippen molar-refractivity contribution >= 4 is 35.6 Å². The first-order chi connectivity index (χ1) is 25.7. The monoisotopic (exact) mass is 747 g/mol. The number of aliphatic carboxylic acids is 3. The van der Waals surface area contributed by atoms with Gasteiger partial charge in [0.05, 0.1) is 30.9 Å². The second-order valence-corrected chi connectivity index (χ2v) is 14.6. The molecular formula is C40H53N5O7S. The fraction of sp³-hybridized carbons (Fsp3) is 0.450. The lowest BCUT2D eigenvalue weighted by Gasteiger charge is -2.35. The molecule has 13 heteroatoms. The summed E-state index contributed by atoms with van der Waals surface area (Å²) in [6, 6.07) is 31.9.